The van der Waals surface area contributed by atoms with Gasteiger partial charge in [0.05, 0.1) is 41.4 Å². The van der Waals surface area contributed by atoms with Crippen molar-refractivity contribution in [2.45, 2.75) is 131 Å². The molecule has 4 aromatic carbocycles. The summed E-state index contributed by atoms with van der Waals surface area (Å²) in [6.45, 7) is 18.9. The lowest BCUT2D eigenvalue weighted by Crippen LogP contribution is -2.55. The maximum atomic E-state index is 14.5. The predicted octanol–water partition coefficient (Wildman–Crippen LogP) is 9.39. The molecule has 4 atom stereocenters. The molecule has 2 fully saturated rings. The Hall–Kier alpha value is -7.34. The minimum absolute atomic E-state index is 0.00191. The molecule has 0 aliphatic carbocycles. The van der Waals surface area contributed by atoms with E-state index in [0.29, 0.717) is 67.5 Å². The number of hydrogen-bond acceptors (Lipinski definition) is 12. The number of unbranched alkanes of at least 4 members (excludes halogenated alkanes) is 1. The van der Waals surface area contributed by atoms with Gasteiger partial charge < -0.3 is 49.6 Å². The van der Waals surface area contributed by atoms with Crippen LogP contribution in [0.15, 0.2) is 95.2 Å². The molecule has 2 aromatic heterocycles. The van der Waals surface area contributed by atoms with Crippen LogP contribution in [0.1, 0.15) is 126 Å². The van der Waals surface area contributed by atoms with Crippen LogP contribution in [0, 0.1) is 33.6 Å². The third-order valence-electron chi connectivity index (χ3n) is 15.9. The summed E-state index contributed by atoms with van der Waals surface area (Å²) in [5.74, 6) is -0.256. The van der Waals surface area contributed by atoms with E-state index in [1.54, 1.807) is 22.3 Å². The zero-order valence-electron chi connectivity index (χ0n) is 47.2. The maximum absolute atomic E-state index is 14.5. The molecule has 3 aliphatic heterocycles. The van der Waals surface area contributed by atoms with Gasteiger partial charge in [-0.05, 0) is 155 Å². The molecule has 4 N–H and O–H groups in total. The average molecular weight is 1110 g/mol. The molecule has 16 nitrogen and oxygen atoms in total. The quantitative estimate of drug-likeness (QED) is 0.0502. The van der Waals surface area contributed by atoms with E-state index in [9.17, 15) is 29.1 Å². The summed E-state index contributed by atoms with van der Waals surface area (Å²) in [4.78, 5) is 83.1. The van der Waals surface area contributed by atoms with Crippen LogP contribution < -0.4 is 30.6 Å². The Bertz CT molecular complexity index is 3260. The van der Waals surface area contributed by atoms with Gasteiger partial charge in [0.1, 0.15) is 23.6 Å². The number of β-amino-alcohol motifs (C(OH)–C–C–N with tert-alkyl or cyclic N) is 1. The predicted molar refractivity (Wildman–Crippen MR) is 311 cm³/mol. The van der Waals surface area contributed by atoms with Crippen LogP contribution >= 0.6 is 11.3 Å². The van der Waals surface area contributed by atoms with E-state index < -0.39 is 18.2 Å². The first-order valence-corrected chi connectivity index (χ1v) is 28.9. The molecule has 0 unspecified atom stereocenters. The van der Waals surface area contributed by atoms with Crippen LogP contribution in [0.2, 0.25) is 0 Å². The van der Waals surface area contributed by atoms with E-state index in [1.807, 2.05) is 127 Å². The Kier molecular flexibility index (Phi) is 18.2. The fourth-order valence-corrected chi connectivity index (χ4v) is 12.3. The lowest BCUT2D eigenvalue weighted by atomic mass is 9.95. The van der Waals surface area contributed by atoms with Gasteiger partial charge in [-0.2, -0.15) is 0 Å². The molecule has 6 aromatic rings. The number of ether oxygens (including phenoxy) is 3. The van der Waals surface area contributed by atoms with Gasteiger partial charge in [-0.1, -0.05) is 56.3 Å². The van der Waals surface area contributed by atoms with Crippen LogP contribution in [0.4, 0.5) is 5.69 Å². The molecule has 2 saturated heterocycles. The van der Waals surface area contributed by atoms with Crippen LogP contribution in [0.25, 0.3) is 21.6 Å². The van der Waals surface area contributed by atoms with Crippen molar-refractivity contribution in [1.29, 1.82) is 0 Å². The number of benzene rings is 4. The van der Waals surface area contributed by atoms with Crippen LogP contribution in [0.5, 0.6) is 11.5 Å². The first-order chi connectivity index (χ1) is 38.5. The second-order valence-corrected chi connectivity index (χ2v) is 22.7. The van der Waals surface area contributed by atoms with Crippen LogP contribution in [-0.2, 0) is 27.4 Å². The van der Waals surface area contributed by atoms with Crippen molar-refractivity contribution >= 4 is 40.7 Å². The van der Waals surface area contributed by atoms with Gasteiger partial charge in [-0.15, -0.1) is 11.3 Å². The molecule has 422 valence electrons. The van der Waals surface area contributed by atoms with Crippen molar-refractivity contribution in [3.05, 3.63) is 151 Å². The number of aryl methyl sites for hydroxylation is 3. The number of nitrogens with zero attached hydrogens (tertiary/aromatic N) is 4. The second kappa shape index (κ2) is 25.4. The van der Waals surface area contributed by atoms with Crippen molar-refractivity contribution in [3.8, 4) is 33.1 Å². The van der Waals surface area contributed by atoms with Gasteiger partial charge in [0, 0.05) is 79.9 Å². The van der Waals surface area contributed by atoms with Gasteiger partial charge >= 0.3 is 0 Å². The van der Waals surface area contributed by atoms with Gasteiger partial charge in [-0.3, -0.25) is 24.0 Å². The first kappa shape index (κ1) is 57.3. The summed E-state index contributed by atoms with van der Waals surface area (Å²) >= 11 is 1.58. The molecule has 0 bridgehead atoms. The van der Waals surface area contributed by atoms with Crippen molar-refractivity contribution in [2.24, 2.45) is 5.92 Å². The van der Waals surface area contributed by atoms with E-state index >= 15 is 0 Å². The first-order valence-electron chi connectivity index (χ1n) is 28.0. The van der Waals surface area contributed by atoms with Crippen molar-refractivity contribution in [2.75, 3.05) is 44.4 Å². The van der Waals surface area contributed by atoms with Gasteiger partial charge in [0.15, 0.2) is 0 Å². The summed E-state index contributed by atoms with van der Waals surface area (Å²) in [6, 6.07) is 25.5. The van der Waals surface area contributed by atoms with Crippen molar-refractivity contribution in [3.63, 3.8) is 0 Å². The summed E-state index contributed by atoms with van der Waals surface area (Å²) in [5, 5.41) is 16.9. The van der Waals surface area contributed by atoms with Gasteiger partial charge in [-0.25, -0.2) is 4.98 Å². The number of H-pyrrole nitrogens is 1. The summed E-state index contributed by atoms with van der Waals surface area (Å²) in [7, 11) is 0. The number of fused-ring (bicyclic) bond motifs is 1. The molecular formula is C63H75N7O9S. The molecule has 80 heavy (non-hydrogen) atoms. The SMILES string of the molecule is CCN(c1cc(-c2ccc(OCCCCOc3ccc4c(c3)C(=O)N([C@@H](C(=O)N3C[C@H](O)C[C@H]3C(=O)N[C@@H](C)c3ccc(-c5scnc5C)cc3)C(C)C)C4)cc2)cc(C(=O)NCc2c(C)cc(C)[nH]c2=O)c1C)C1CCOCC1. The standard InChI is InChI=1S/C63H75N7O9S/c1-9-68(48-22-26-77-27-23-48)55-30-47(29-52(40(55)6)59(72)64-33-54-38(4)28-39(5)66-60(54)73)44-16-19-50(20-17-44)78-24-10-11-25-79-51-21-18-46-34-70(62(75)53(46)32-51)57(37(2)3)63(76)69-35-49(71)31-56(69)61(74)67-41(7)43-12-14-45(15-13-43)58-42(8)65-36-80-58/h12-21,28-30,32,36-37,41,48-49,56-57,71H,9-11,22-27,31,33-35H2,1-8H3,(H,64,72)(H,66,73)(H,67,74)/t41-,49+,56-,57+/m0/s1. The van der Waals surface area contributed by atoms with Crippen molar-refractivity contribution in [1.82, 2.24) is 30.4 Å². The minimum Gasteiger partial charge on any atom is -0.494 e. The van der Waals surface area contributed by atoms with E-state index in [1.165, 1.54) is 4.90 Å². The number of carbonyl (C=O) groups is 4. The van der Waals surface area contributed by atoms with Gasteiger partial charge in [0.2, 0.25) is 11.8 Å². The monoisotopic (exact) mass is 1110 g/mol. The molecule has 3 aliphatic rings. The summed E-state index contributed by atoms with van der Waals surface area (Å²) in [6.07, 6.45) is 2.44. The number of likely N-dealkylation sites (tertiary alicyclic amines) is 1. The highest BCUT2D eigenvalue weighted by Crippen LogP contribution is 2.36. The number of anilines is 1. The molecule has 0 radical (unpaired) electrons. The number of aromatic nitrogens is 2. The van der Waals surface area contributed by atoms with Crippen LogP contribution in [0.3, 0.4) is 0 Å². The summed E-state index contributed by atoms with van der Waals surface area (Å²) in [5.41, 5.74) is 12.2. The zero-order valence-corrected chi connectivity index (χ0v) is 48.0. The number of rotatable bonds is 21. The fourth-order valence-electron chi connectivity index (χ4n) is 11.5. The Labute approximate surface area is 472 Å². The topological polar surface area (TPSA) is 196 Å². The van der Waals surface area contributed by atoms with Crippen molar-refractivity contribution < 1.29 is 38.5 Å². The molecule has 4 amide bonds. The Balaban J connectivity index is 0.779. The lowest BCUT2D eigenvalue weighted by Gasteiger charge is -2.37. The number of aliphatic hydroxyl groups is 1. The molecule has 0 saturated carbocycles. The maximum Gasteiger partial charge on any atom is 0.255 e. The zero-order chi connectivity index (χ0) is 56.8. The smallest absolute Gasteiger partial charge is 0.255 e. The fraction of sp³-hybridized carbons (Fsp3) is 0.429. The molecule has 5 heterocycles. The molecule has 17 heteroatoms. The third-order valence-corrected chi connectivity index (χ3v) is 16.8. The number of pyridine rings is 1. The van der Waals surface area contributed by atoms with Crippen LogP contribution in [-0.4, -0.2) is 112 Å². The number of nitrogens with one attached hydrogen (secondary N) is 3. The Morgan fingerprint density at radius 2 is 1.56 bits per heavy atom. The highest BCUT2D eigenvalue weighted by Gasteiger charge is 2.46. The molecular weight excluding hydrogens is 1030 g/mol. The number of aromatic amines is 1. The third kappa shape index (κ3) is 12.8. The Morgan fingerprint density at radius 1 is 0.875 bits per heavy atom. The second-order valence-electron chi connectivity index (χ2n) is 21.8. The Morgan fingerprint density at radius 3 is 2.23 bits per heavy atom. The largest absolute Gasteiger partial charge is 0.494 e. The van der Waals surface area contributed by atoms with Gasteiger partial charge in [0.25, 0.3) is 17.4 Å². The number of hydrogen-bond donors (Lipinski definition) is 4. The lowest BCUT2D eigenvalue weighted by molar-refractivity contribution is -0.143. The molecule has 0 spiro atoms. The van der Waals surface area contributed by atoms with E-state index in [4.69, 9.17) is 14.2 Å². The average Bonchev–Trinajstić information content (AvgIpc) is 4.20. The van der Waals surface area contributed by atoms with E-state index in [-0.39, 0.29) is 73.2 Å². The number of carbonyl (C=O) groups excluding carboxylic acids is 4. The highest BCUT2D eigenvalue weighted by molar-refractivity contribution is 7.13. The summed E-state index contributed by atoms with van der Waals surface area (Å²) < 4.78 is 18.0. The van der Waals surface area contributed by atoms with E-state index in [2.05, 4.69) is 38.5 Å². The normalized spacial score (nSPS) is 17.1. The number of thiazole rings is 1. The molecule has 9 rings (SSSR count). The highest BCUT2D eigenvalue weighted by atomic mass is 32.1. The minimum atomic E-state index is -0.892. The van der Waals surface area contributed by atoms with E-state index in [0.717, 1.165) is 80.3 Å². The number of amides is 4. The number of aliphatic hydroxyl groups excluding tert-OH is 1.